The van der Waals surface area contributed by atoms with Gasteiger partial charge in [-0.25, -0.2) is 4.79 Å². The molecule has 0 aromatic heterocycles. The van der Waals surface area contributed by atoms with E-state index in [2.05, 4.69) is 9.47 Å². The molecule has 0 saturated carbocycles. The SMILES string of the molecule is CC.CC(C)(C)OC(=O)N1CCC(OP)C1. The van der Waals surface area contributed by atoms with Gasteiger partial charge in [-0.2, -0.15) is 0 Å². The summed E-state index contributed by atoms with van der Waals surface area (Å²) in [7, 11) is 2.23. The van der Waals surface area contributed by atoms with Crippen molar-refractivity contribution in [2.45, 2.75) is 52.7 Å². The average Bonchev–Trinajstić information content (AvgIpc) is 2.66. The molecule has 1 saturated heterocycles. The van der Waals surface area contributed by atoms with Gasteiger partial charge in [0, 0.05) is 16.0 Å². The second-order valence-corrected chi connectivity index (χ2v) is 4.75. The molecule has 2 atom stereocenters. The minimum Gasteiger partial charge on any atom is -0.444 e. The van der Waals surface area contributed by atoms with Crippen LogP contribution >= 0.6 is 9.47 Å². The molecular weight excluding hydrogens is 225 g/mol. The van der Waals surface area contributed by atoms with Gasteiger partial charge in [-0.3, -0.25) is 0 Å². The number of nitrogens with zero attached hydrogens (tertiary/aromatic N) is 1. The van der Waals surface area contributed by atoms with Gasteiger partial charge in [-0.1, -0.05) is 13.8 Å². The summed E-state index contributed by atoms with van der Waals surface area (Å²) in [5.41, 5.74) is -0.420. The van der Waals surface area contributed by atoms with E-state index >= 15 is 0 Å². The first-order chi connectivity index (χ1) is 7.42. The van der Waals surface area contributed by atoms with Crippen LogP contribution in [0.5, 0.6) is 0 Å². The van der Waals surface area contributed by atoms with Gasteiger partial charge in [0.25, 0.3) is 0 Å². The van der Waals surface area contributed by atoms with Gasteiger partial charge in [-0.15, -0.1) is 0 Å². The molecule has 4 nitrogen and oxygen atoms in total. The van der Waals surface area contributed by atoms with Crippen LogP contribution in [0.15, 0.2) is 0 Å². The van der Waals surface area contributed by atoms with Crippen LogP contribution in [0.25, 0.3) is 0 Å². The highest BCUT2D eigenvalue weighted by atomic mass is 31.0. The lowest BCUT2D eigenvalue weighted by Crippen LogP contribution is -2.35. The number of ether oxygens (including phenoxy) is 1. The summed E-state index contributed by atoms with van der Waals surface area (Å²) >= 11 is 0. The van der Waals surface area contributed by atoms with Crippen molar-refractivity contribution in [3.63, 3.8) is 0 Å². The van der Waals surface area contributed by atoms with Crippen LogP contribution < -0.4 is 0 Å². The molecule has 0 radical (unpaired) electrons. The average molecular weight is 249 g/mol. The topological polar surface area (TPSA) is 38.8 Å². The van der Waals surface area contributed by atoms with Gasteiger partial charge in [0.1, 0.15) is 5.60 Å². The second-order valence-electron chi connectivity index (χ2n) is 4.47. The van der Waals surface area contributed by atoms with E-state index in [1.807, 2.05) is 34.6 Å². The molecule has 2 unspecified atom stereocenters. The zero-order valence-electron chi connectivity index (χ0n) is 10.9. The van der Waals surface area contributed by atoms with E-state index < -0.39 is 5.60 Å². The predicted octanol–water partition coefficient (Wildman–Crippen LogP) is 2.83. The van der Waals surface area contributed by atoms with E-state index in [9.17, 15) is 4.79 Å². The predicted molar refractivity (Wildman–Crippen MR) is 68.4 cm³/mol. The zero-order valence-corrected chi connectivity index (χ0v) is 12.1. The Morgan fingerprint density at radius 3 is 2.31 bits per heavy atom. The monoisotopic (exact) mass is 249 g/mol. The fourth-order valence-electron chi connectivity index (χ4n) is 1.33. The van der Waals surface area contributed by atoms with Gasteiger partial charge < -0.3 is 14.2 Å². The van der Waals surface area contributed by atoms with Crippen LogP contribution in [0.2, 0.25) is 0 Å². The van der Waals surface area contributed by atoms with Gasteiger partial charge in [0.2, 0.25) is 0 Å². The Labute approximate surface area is 101 Å². The lowest BCUT2D eigenvalue weighted by molar-refractivity contribution is 0.0278. The van der Waals surface area contributed by atoms with Crippen LogP contribution in [0.3, 0.4) is 0 Å². The summed E-state index contributed by atoms with van der Waals surface area (Å²) in [5, 5.41) is 0. The summed E-state index contributed by atoms with van der Waals surface area (Å²) in [6.45, 7) is 10.9. The molecule has 0 spiro atoms. The number of hydrogen-bond acceptors (Lipinski definition) is 3. The molecule has 1 aliphatic rings. The van der Waals surface area contributed by atoms with Crippen molar-refractivity contribution in [2.75, 3.05) is 13.1 Å². The maximum atomic E-state index is 11.6. The lowest BCUT2D eigenvalue weighted by atomic mass is 10.2. The number of amides is 1. The summed E-state index contributed by atoms with van der Waals surface area (Å²) in [6, 6.07) is 0. The third-order valence-corrected chi connectivity index (χ3v) is 2.37. The van der Waals surface area contributed by atoms with Gasteiger partial charge in [-0.05, 0) is 27.2 Å². The third-order valence-electron chi connectivity index (χ3n) is 1.99. The molecule has 16 heavy (non-hydrogen) atoms. The normalized spacial score (nSPS) is 20.1. The van der Waals surface area contributed by atoms with E-state index in [1.165, 1.54) is 0 Å². The minimum atomic E-state index is -0.420. The Bertz CT molecular complexity index is 216. The molecule has 0 bridgehead atoms. The highest BCUT2D eigenvalue weighted by Crippen LogP contribution is 2.18. The second kappa shape index (κ2) is 7.08. The molecule has 1 fully saturated rings. The van der Waals surface area contributed by atoms with Crippen LogP contribution in [-0.4, -0.2) is 35.8 Å². The summed E-state index contributed by atoms with van der Waals surface area (Å²) in [4.78, 5) is 13.2. The first kappa shape index (κ1) is 15.7. The van der Waals surface area contributed by atoms with Crippen LogP contribution in [0.4, 0.5) is 4.79 Å². The van der Waals surface area contributed by atoms with E-state index in [4.69, 9.17) is 9.26 Å². The van der Waals surface area contributed by atoms with Crippen LogP contribution in [0.1, 0.15) is 41.0 Å². The highest BCUT2D eigenvalue weighted by molar-refractivity contribution is 7.09. The fraction of sp³-hybridized carbons (Fsp3) is 0.909. The molecular formula is C11H24NO3P. The Morgan fingerprint density at radius 1 is 1.38 bits per heavy atom. The molecule has 1 aliphatic heterocycles. The van der Waals surface area contributed by atoms with Crippen molar-refractivity contribution in [2.24, 2.45) is 0 Å². The maximum Gasteiger partial charge on any atom is 0.410 e. The number of carbonyl (C=O) groups excluding carboxylic acids is 1. The Hall–Kier alpha value is -0.340. The summed E-state index contributed by atoms with van der Waals surface area (Å²) in [6.07, 6.45) is 0.762. The first-order valence-electron chi connectivity index (χ1n) is 5.76. The van der Waals surface area contributed by atoms with Crippen molar-refractivity contribution in [3.05, 3.63) is 0 Å². The first-order valence-corrected chi connectivity index (χ1v) is 6.23. The summed E-state index contributed by atoms with van der Waals surface area (Å²) < 4.78 is 10.3. The molecule has 0 aliphatic carbocycles. The van der Waals surface area contributed by atoms with Crippen molar-refractivity contribution < 1.29 is 14.1 Å². The van der Waals surface area contributed by atoms with Crippen LogP contribution in [0, 0.1) is 0 Å². The standard InChI is InChI=1S/C9H18NO3P.C2H6/c1-9(2,3)12-8(11)10-5-4-7(6-10)13-14;1-2/h7H,4-6,14H2,1-3H3;1-2H3. The quantitative estimate of drug-likeness (QED) is 0.671. The zero-order chi connectivity index (χ0) is 12.8. The highest BCUT2D eigenvalue weighted by Gasteiger charge is 2.29. The molecule has 0 N–H and O–H groups in total. The molecule has 0 aromatic rings. The molecule has 1 heterocycles. The van der Waals surface area contributed by atoms with E-state index in [-0.39, 0.29) is 12.2 Å². The Kier molecular flexibility index (Phi) is 6.93. The molecule has 96 valence electrons. The smallest absolute Gasteiger partial charge is 0.410 e. The molecule has 1 amide bonds. The molecule has 0 aromatic carbocycles. The van der Waals surface area contributed by atoms with Crippen molar-refractivity contribution >= 4 is 15.6 Å². The van der Waals surface area contributed by atoms with Crippen molar-refractivity contribution in [1.29, 1.82) is 0 Å². The number of likely N-dealkylation sites (tertiary alicyclic amines) is 1. The lowest BCUT2D eigenvalue weighted by Gasteiger charge is -2.24. The van der Waals surface area contributed by atoms with E-state index in [1.54, 1.807) is 4.90 Å². The summed E-state index contributed by atoms with van der Waals surface area (Å²) in [5.74, 6) is 0. The van der Waals surface area contributed by atoms with E-state index in [0.717, 1.165) is 6.42 Å². The molecule has 1 rings (SSSR count). The Balaban J connectivity index is 0.00000106. The van der Waals surface area contributed by atoms with Gasteiger partial charge in [0.15, 0.2) is 0 Å². The number of carbonyl (C=O) groups is 1. The number of rotatable bonds is 1. The molecule has 5 heteroatoms. The van der Waals surface area contributed by atoms with Gasteiger partial charge in [0.05, 0.1) is 12.6 Å². The Morgan fingerprint density at radius 2 is 1.94 bits per heavy atom. The minimum absolute atomic E-state index is 0.132. The van der Waals surface area contributed by atoms with Crippen molar-refractivity contribution in [1.82, 2.24) is 4.90 Å². The van der Waals surface area contributed by atoms with Gasteiger partial charge >= 0.3 is 6.09 Å². The van der Waals surface area contributed by atoms with E-state index in [0.29, 0.717) is 13.1 Å². The maximum absolute atomic E-state index is 11.6. The third kappa shape index (κ3) is 5.66. The largest absolute Gasteiger partial charge is 0.444 e. The fourth-order valence-corrected chi connectivity index (χ4v) is 1.55. The van der Waals surface area contributed by atoms with Crippen molar-refractivity contribution in [3.8, 4) is 0 Å². The van der Waals surface area contributed by atoms with Crippen LogP contribution in [-0.2, 0) is 9.26 Å². The number of hydrogen-bond donors (Lipinski definition) is 0.